The van der Waals surface area contributed by atoms with Gasteiger partial charge in [0.2, 0.25) is 0 Å². The summed E-state index contributed by atoms with van der Waals surface area (Å²) in [6, 6.07) is 0. The minimum absolute atomic E-state index is 0. The van der Waals surface area contributed by atoms with Gasteiger partial charge in [-0.1, -0.05) is 103 Å². The van der Waals surface area contributed by atoms with Gasteiger partial charge in [0, 0.05) is 12.4 Å². The molecule has 0 spiro atoms. The third kappa shape index (κ3) is 21.4. The minimum atomic E-state index is -4.85. The predicted molar refractivity (Wildman–Crippen MR) is 120 cm³/mol. The van der Waals surface area contributed by atoms with Crippen LogP contribution in [-0.4, -0.2) is 36.8 Å². The van der Waals surface area contributed by atoms with Gasteiger partial charge >= 0.3 is 35.5 Å². The maximum Gasteiger partial charge on any atom is 1.00 e. The molecular formula is C23H41NaO7S. The fourth-order valence-corrected chi connectivity index (χ4v) is 3.99. The van der Waals surface area contributed by atoms with Crippen LogP contribution in [0.1, 0.15) is 110 Å². The molecule has 1 unspecified atom stereocenters. The van der Waals surface area contributed by atoms with Crippen LogP contribution in [0.2, 0.25) is 0 Å². The number of carbonyl (C=O) groups is 2. The van der Waals surface area contributed by atoms with Crippen LogP contribution in [0.4, 0.5) is 0 Å². The average Bonchev–Trinajstić information content (AvgIpc) is 2.70. The number of hydrogen-bond acceptors (Lipinski definition) is 6. The summed E-state index contributed by atoms with van der Waals surface area (Å²) in [7, 11) is -4.85. The molecule has 0 aromatic rings. The van der Waals surface area contributed by atoms with Gasteiger partial charge < -0.3 is 14.6 Å². The van der Waals surface area contributed by atoms with E-state index in [-0.39, 0.29) is 36.2 Å². The first-order chi connectivity index (χ1) is 14.8. The normalized spacial score (nSPS) is 12.4. The molecule has 0 aliphatic carbocycles. The van der Waals surface area contributed by atoms with Crippen LogP contribution >= 0.6 is 0 Å². The summed E-state index contributed by atoms with van der Waals surface area (Å²) in [4.78, 5) is 22.1. The molecule has 0 aliphatic rings. The average molecular weight is 485 g/mol. The summed E-state index contributed by atoms with van der Waals surface area (Å²) in [5.74, 6) is -3.05. The molecule has 1 N–H and O–H groups in total. The second kappa shape index (κ2) is 22.4. The van der Waals surface area contributed by atoms with E-state index in [4.69, 9.17) is 9.29 Å². The molecule has 0 aliphatic heterocycles. The molecule has 0 heterocycles. The van der Waals surface area contributed by atoms with Crippen LogP contribution in [0.15, 0.2) is 12.2 Å². The number of aliphatic carboxylic acids is 1. The molecule has 0 saturated heterocycles. The molecule has 1 atom stereocenters. The van der Waals surface area contributed by atoms with E-state index in [1.807, 2.05) is 6.08 Å². The molecule has 0 saturated carbocycles. The monoisotopic (exact) mass is 484 g/mol. The molecule has 0 fully saturated rings. The summed E-state index contributed by atoms with van der Waals surface area (Å²) in [6.45, 7) is 2.07. The number of unbranched alkanes of at least 4 members (excludes halogenated alkanes) is 14. The van der Waals surface area contributed by atoms with Crippen molar-refractivity contribution in [3.8, 4) is 0 Å². The summed E-state index contributed by atoms with van der Waals surface area (Å²) in [5, 5.41) is 8.34. The third-order valence-electron chi connectivity index (χ3n) is 5.19. The first-order valence-corrected chi connectivity index (χ1v) is 13.3. The van der Waals surface area contributed by atoms with Gasteiger partial charge in [-0.3, -0.25) is 9.35 Å². The van der Waals surface area contributed by atoms with Crippen LogP contribution in [0.5, 0.6) is 0 Å². The van der Waals surface area contributed by atoms with Gasteiger partial charge in [-0.2, -0.15) is 8.42 Å². The molecule has 0 amide bonds. The molecule has 0 aromatic heterocycles. The molecule has 0 rings (SSSR count). The molecule has 0 bridgehead atoms. The second-order valence-electron chi connectivity index (χ2n) is 8.07. The van der Waals surface area contributed by atoms with E-state index in [1.165, 1.54) is 77.0 Å². The molecule has 182 valence electrons. The van der Waals surface area contributed by atoms with Gasteiger partial charge in [0.1, 0.15) is 6.61 Å². The maximum atomic E-state index is 11.6. The Kier molecular flexibility index (Phi) is 23.6. The Morgan fingerprint density at radius 2 is 1.28 bits per heavy atom. The second-order valence-corrected chi connectivity index (χ2v) is 9.67. The van der Waals surface area contributed by atoms with E-state index >= 15 is 0 Å². The first-order valence-electron chi connectivity index (χ1n) is 11.8. The molecule has 0 radical (unpaired) electrons. The van der Waals surface area contributed by atoms with Crippen molar-refractivity contribution in [2.75, 3.05) is 6.61 Å². The number of carbonyl (C=O) groups excluding carboxylic acids is 2. The molecule has 32 heavy (non-hydrogen) atoms. The standard InChI is InChI=1S/C23H42O7S.Na/c1-2-3-4-5-6-7-8-9-10-11-12-13-14-15-16-17-18-19-30-23(26)21(20-22(24)25)31(27,28)29;/h17-18,21H,2-16,19-20H2,1H3,(H,24,25)(H,27,28,29);/q;+1/p-1. The van der Waals surface area contributed by atoms with Crippen molar-refractivity contribution in [1.82, 2.24) is 0 Å². The summed E-state index contributed by atoms with van der Waals surface area (Å²) in [6.07, 6.45) is 21.3. The van der Waals surface area contributed by atoms with Crippen LogP contribution in [-0.2, 0) is 24.4 Å². The van der Waals surface area contributed by atoms with Crippen LogP contribution in [0, 0.1) is 0 Å². The van der Waals surface area contributed by atoms with Crippen LogP contribution in [0.25, 0.3) is 0 Å². The summed E-state index contributed by atoms with van der Waals surface area (Å²) in [5.41, 5.74) is 0. The number of allylic oxidation sites excluding steroid dienone is 1. The Bertz CT molecular complexity index is 605. The van der Waals surface area contributed by atoms with Gasteiger partial charge in [0.05, 0.1) is 0 Å². The number of carboxylic acids is 1. The van der Waals surface area contributed by atoms with Crippen molar-refractivity contribution in [3.05, 3.63) is 12.2 Å². The largest absolute Gasteiger partial charge is 1.00 e. The van der Waals surface area contributed by atoms with Gasteiger partial charge in [-0.05, 0) is 12.8 Å². The number of rotatable bonds is 21. The first kappa shape index (κ1) is 33.8. The quantitative estimate of drug-likeness (QED) is 0.0858. The van der Waals surface area contributed by atoms with Crippen molar-refractivity contribution in [2.45, 2.75) is 115 Å². The van der Waals surface area contributed by atoms with Crippen molar-refractivity contribution < 1.29 is 62.0 Å². The van der Waals surface area contributed by atoms with Crippen molar-refractivity contribution in [2.24, 2.45) is 0 Å². The number of carboxylic acid groups (broad SMARTS) is 1. The van der Waals surface area contributed by atoms with Crippen LogP contribution < -0.4 is 34.7 Å². The van der Waals surface area contributed by atoms with Gasteiger partial charge in [0.15, 0.2) is 5.25 Å². The zero-order valence-electron chi connectivity index (χ0n) is 20.1. The van der Waals surface area contributed by atoms with Crippen molar-refractivity contribution in [3.63, 3.8) is 0 Å². The van der Waals surface area contributed by atoms with Crippen molar-refractivity contribution in [1.29, 1.82) is 0 Å². The Hall–Kier alpha value is -0.410. The Labute approximate surface area is 216 Å². The van der Waals surface area contributed by atoms with E-state index < -0.39 is 33.7 Å². The van der Waals surface area contributed by atoms with Gasteiger partial charge in [-0.15, -0.1) is 0 Å². The molecular weight excluding hydrogens is 443 g/mol. The zero-order valence-corrected chi connectivity index (χ0v) is 22.9. The molecule has 0 aromatic carbocycles. The SMILES string of the molecule is CCCCCCCCCCCCCCCCC=CCOC(=O)C(CC(=O)[O-])S(=O)(=O)O.[Na+]. The topological polar surface area (TPSA) is 121 Å². The number of hydrogen-bond donors (Lipinski definition) is 1. The van der Waals surface area contributed by atoms with Crippen molar-refractivity contribution >= 4 is 22.1 Å². The minimum Gasteiger partial charge on any atom is -0.550 e. The van der Waals surface area contributed by atoms with E-state index in [0.717, 1.165) is 19.3 Å². The van der Waals surface area contributed by atoms with E-state index in [0.29, 0.717) is 0 Å². The third-order valence-corrected chi connectivity index (χ3v) is 6.27. The molecule has 9 heteroatoms. The number of esters is 1. The predicted octanol–water partition coefficient (Wildman–Crippen LogP) is 1.36. The van der Waals surface area contributed by atoms with Gasteiger partial charge in [-0.25, -0.2) is 0 Å². The fourth-order valence-electron chi connectivity index (χ4n) is 3.33. The number of ether oxygens (including phenoxy) is 1. The Balaban J connectivity index is 0. The smallest absolute Gasteiger partial charge is 0.550 e. The summed E-state index contributed by atoms with van der Waals surface area (Å²) < 4.78 is 35.7. The molecule has 7 nitrogen and oxygen atoms in total. The van der Waals surface area contributed by atoms with E-state index in [1.54, 1.807) is 6.08 Å². The Morgan fingerprint density at radius 3 is 1.69 bits per heavy atom. The van der Waals surface area contributed by atoms with E-state index in [9.17, 15) is 23.1 Å². The van der Waals surface area contributed by atoms with Gasteiger partial charge in [0.25, 0.3) is 10.1 Å². The fraction of sp³-hybridized carbons (Fsp3) is 0.826. The Morgan fingerprint density at radius 1 is 0.844 bits per heavy atom. The van der Waals surface area contributed by atoms with Crippen LogP contribution in [0.3, 0.4) is 0 Å². The zero-order chi connectivity index (χ0) is 23.4. The maximum absolute atomic E-state index is 11.6. The van der Waals surface area contributed by atoms with E-state index in [2.05, 4.69) is 6.92 Å². The summed E-state index contributed by atoms with van der Waals surface area (Å²) >= 11 is 0.